The molecule has 0 radical (unpaired) electrons. The maximum atomic E-state index is 12.4. The number of rotatable bonds is 6. The van der Waals surface area contributed by atoms with Crippen molar-refractivity contribution in [3.63, 3.8) is 0 Å². The molecular weight excluding hydrogens is 332 g/mol. The number of hydrogen-bond acceptors (Lipinski definition) is 5. The third kappa shape index (κ3) is 4.84. The number of likely N-dealkylation sites (tertiary alicyclic amines) is 1. The minimum atomic E-state index is -0.0642. The van der Waals surface area contributed by atoms with Gasteiger partial charge in [-0.2, -0.15) is 0 Å². The van der Waals surface area contributed by atoms with Crippen LogP contribution in [0.3, 0.4) is 0 Å². The fourth-order valence-electron chi connectivity index (χ4n) is 2.90. The number of urea groups is 1. The molecule has 1 N–H and O–H groups in total. The number of amides is 2. The Hall–Kier alpha value is -2.83. The summed E-state index contributed by atoms with van der Waals surface area (Å²) in [5, 5.41) is 2.97. The van der Waals surface area contributed by atoms with Crippen molar-refractivity contribution in [2.45, 2.75) is 32.4 Å². The molecule has 0 atom stereocenters. The summed E-state index contributed by atoms with van der Waals surface area (Å²) in [6.45, 7) is 4.29. The molecule has 0 saturated carbocycles. The van der Waals surface area contributed by atoms with E-state index < -0.39 is 0 Å². The molecular formula is C19H24N4O3. The second-order valence-electron chi connectivity index (χ2n) is 6.04. The van der Waals surface area contributed by atoms with E-state index in [1.165, 1.54) is 0 Å². The number of carbonyl (C=O) groups excluding carboxylic acids is 1. The molecule has 0 spiro atoms. The molecule has 0 unspecified atom stereocenters. The molecule has 0 bridgehead atoms. The van der Waals surface area contributed by atoms with Crippen LogP contribution in [0.4, 0.5) is 4.79 Å². The van der Waals surface area contributed by atoms with Gasteiger partial charge >= 0.3 is 12.0 Å². The Morgan fingerprint density at radius 2 is 1.92 bits per heavy atom. The summed E-state index contributed by atoms with van der Waals surface area (Å²) in [5.74, 6) is 0.810. The van der Waals surface area contributed by atoms with Crippen molar-refractivity contribution < 1.29 is 14.3 Å². The van der Waals surface area contributed by atoms with Gasteiger partial charge in [-0.15, -0.1) is 0 Å². The lowest BCUT2D eigenvalue weighted by Crippen LogP contribution is -2.46. The molecule has 2 amide bonds. The summed E-state index contributed by atoms with van der Waals surface area (Å²) in [6.07, 6.45) is 4.89. The fraction of sp³-hybridized carbons (Fsp3) is 0.421. The van der Waals surface area contributed by atoms with Crippen molar-refractivity contribution >= 4 is 6.03 Å². The molecule has 3 rings (SSSR count). The number of carbonyl (C=O) groups is 1. The van der Waals surface area contributed by atoms with Gasteiger partial charge < -0.3 is 19.7 Å². The van der Waals surface area contributed by atoms with Gasteiger partial charge in [-0.3, -0.25) is 0 Å². The van der Waals surface area contributed by atoms with Crippen molar-refractivity contribution in [2.24, 2.45) is 0 Å². The zero-order valence-corrected chi connectivity index (χ0v) is 14.9. The molecule has 138 valence electrons. The number of nitrogens with one attached hydrogen (secondary N) is 1. The summed E-state index contributed by atoms with van der Waals surface area (Å²) in [6, 6.07) is 9.83. The van der Waals surface area contributed by atoms with E-state index in [0.29, 0.717) is 32.3 Å². The van der Waals surface area contributed by atoms with Crippen LogP contribution in [0.2, 0.25) is 0 Å². The molecule has 1 aliphatic rings. The monoisotopic (exact) mass is 356 g/mol. The van der Waals surface area contributed by atoms with Crippen LogP contribution in [0.25, 0.3) is 0 Å². The molecule has 1 aromatic heterocycles. The van der Waals surface area contributed by atoms with Crippen molar-refractivity contribution in [1.29, 1.82) is 0 Å². The van der Waals surface area contributed by atoms with Crippen LogP contribution < -0.4 is 14.8 Å². The molecule has 1 fully saturated rings. The predicted octanol–water partition coefficient (Wildman–Crippen LogP) is 2.63. The minimum Gasteiger partial charge on any atom is -0.494 e. The van der Waals surface area contributed by atoms with Crippen molar-refractivity contribution in [3.05, 3.63) is 48.3 Å². The molecule has 7 heteroatoms. The Morgan fingerprint density at radius 3 is 2.65 bits per heavy atom. The summed E-state index contributed by atoms with van der Waals surface area (Å²) in [4.78, 5) is 22.4. The smallest absolute Gasteiger partial charge is 0.317 e. The van der Waals surface area contributed by atoms with Crippen LogP contribution in [-0.4, -0.2) is 46.7 Å². The SMILES string of the molecule is CCOc1ccccc1CNC(=O)N1CCC(Oc2ncccn2)CC1. The van der Waals surface area contributed by atoms with E-state index in [2.05, 4.69) is 15.3 Å². The normalized spacial score (nSPS) is 14.7. The summed E-state index contributed by atoms with van der Waals surface area (Å²) in [7, 11) is 0. The Morgan fingerprint density at radius 1 is 1.19 bits per heavy atom. The van der Waals surface area contributed by atoms with Gasteiger partial charge in [0.2, 0.25) is 0 Å². The Labute approximate surface area is 153 Å². The first-order chi connectivity index (χ1) is 12.8. The number of ether oxygens (including phenoxy) is 2. The van der Waals surface area contributed by atoms with Crippen LogP contribution in [0.5, 0.6) is 11.8 Å². The number of hydrogen-bond donors (Lipinski definition) is 1. The molecule has 1 aliphatic heterocycles. The van der Waals surface area contributed by atoms with Gasteiger partial charge in [0.05, 0.1) is 6.61 Å². The zero-order chi connectivity index (χ0) is 18.2. The highest BCUT2D eigenvalue weighted by Crippen LogP contribution is 2.18. The number of nitrogens with zero attached hydrogens (tertiary/aromatic N) is 3. The maximum absolute atomic E-state index is 12.4. The van der Waals surface area contributed by atoms with E-state index in [4.69, 9.17) is 9.47 Å². The third-order valence-corrected chi connectivity index (χ3v) is 4.25. The first kappa shape index (κ1) is 18.0. The summed E-state index contributed by atoms with van der Waals surface area (Å²) < 4.78 is 11.4. The predicted molar refractivity (Wildman–Crippen MR) is 97.1 cm³/mol. The zero-order valence-electron chi connectivity index (χ0n) is 14.9. The number of piperidine rings is 1. The van der Waals surface area contributed by atoms with Crippen LogP contribution >= 0.6 is 0 Å². The standard InChI is InChI=1S/C19H24N4O3/c1-2-25-17-7-4-3-6-15(17)14-22-19(24)23-12-8-16(9-13-23)26-18-20-10-5-11-21-18/h3-7,10-11,16H,2,8-9,12-14H2,1H3,(H,22,24). The second kappa shape index (κ2) is 9.03. The number of para-hydroxylation sites is 1. The molecule has 0 aliphatic carbocycles. The van der Waals surface area contributed by atoms with Crippen LogP contribution in [-0.2, 0) is 6.54 Å². The van der Waals surface area contributed by atoms with Gasteiger partial charge in [0, 0.05) is 50.4 Å². The lowest BCUT2D eigenvalue weighted by Gasteiger charge is -2.31. The summed E-state index contributed by atoms with van der Waals surface area (Å²) >= 11 is 0. The Kier molecular flexibility index (Phi) is 6.24. The van der Waals surface area contributed by atoms with E-state index in [1.807, 2.05) is 36.1 Å². The van der Waals surface area contributed by atoms with Crippen molar-refractivity contribution in [1.82, 2.24) is 20.2 Å². The van der Waals surface area contributed by atoms with Crippen LogP contribution in [0, 0.1) is 0 Å². The van der Waals surface area contributed by atoms with Gasteiger partial charge in [0.1, 0.15) is 11.9 Å². The molecule has 1 saturated heterocycles. The minimum absolute atomic E-state index is 0.0418. The van der Waals surface area contributed by atoms with Crippen molar-refractivity contribution in [3.8, 4) is 11.8 Å². The average molecular weight is 356 g/mol. The van der Waals surface area contributed by atoms with Gasteiger partial charge in [-0.25, -0.2) is 14.8 Å². The van der Waals surface area contributed by atoms with E-state index in [1.54, 1.807) is 18.5 Å². The van der Waals surface area contributed by atoms with Gasteiger partial charge in [0.15, 0.2) is 0 Å². The lowest BCUT2D eigenvalue weighted by molar-refractivity contribution is 0.103. The molecule has 2 aromatic rings. The maximum Gasteiger partial charge on any atom is 0.317 e. The molecule has 2 heterocycles. The quantitative estimate of drug-likeness (QED) is 0.861. The Balaban J connectivity index is 1.45. The first-order valence-electron chi connectivity index (χ1n) is 8.93. The van der Waals surface area contributed by atoms with Gasteiger partial charge in [-0.05, 0) is 19.1 Å². The highest BCUT2D eigenvalue weighted by Gasteiger charge is 2.24. The van der Waals surface area contributed by atoms with Crippen LogP contribution in [0.15, 0.2) is 42.7 Å². The topological polar surface area (TPSA) is 76.6 Å². The molecule has 1 aromatic carbocycles. The van der Waals surface area contributed by atoms with Crippen LogP contribution in [0.1, 0.15) is 25.3 Å². The molecule has 26 heavy (non-hydrogen) atoms. The van der Waals surface area contributed by atoms with Gasteiger partial charge in [-0.1, -0.05) is 18.2 Å². The molecule has 7 nitrogen and oxygen atoms in total. The Bertz CT molecular complexity index is 703. The number of benzene rings is 1. The van der Waals surface area contributed by atoms with E-state index in [-0.39, 0.29) is 12.1 Å². The lowest BCUT2D eigenvalue weighted by atomic mass is 10.1. The largest absolute Gasteiger partial charge is 0.494 e. The fourth-order valence-corrected chi connectivity index (χ4v) is 2.90. The highest BCUT2D eigenvalue weighted by atomic mass is 16.5. The van der Waals surface area contributed by atoms with E-state index >= 15 is 0 Å². The third-order valence-electron chi connectivity index (χ3n) is 4.25. The average Bonchev–Trinajstić information content (AvgIpc) is 2.69. The van der Waals surface area contributed by atoms with Gasteiger partial charge in [0.25, 0.3) is 0 Å². The number of aromatic nitrogens is 2. The van der Waals surface area contributed by atoms with Crippen molar-refractivity contribution in [2.75, 3.05) is 19.7 Å². The van der Waals surface area contributed by atoms with E-state index in [9.17, 15) is 4.79 Å². The summed E-state index contributed by atoms with van der Waals surface area (Å²) in [5.41, 5.74) is 0.974. The second-order valence-corrected chi connectivity index (χ2v) is 6.04. The first-order valence-corrected chi connectivity index (χ1v) is 8.93. The highest BCUT2D eigenvalue weighted by molar-refractivity contribution is 5.74. The van der Waals surface area contributed by atoms with E-state index in [0.717, 1.165) is 24.2 Å².